The number of fused-ring (bicyclic) bond motifs is 1. The van der Waals surface area contributed by atoms with Crippen molar-refractivity contribution in [3.05, 3.63) is 64.9 Å². The van der Waals surface area contributed by atoms with Crippen LogP contribution in [-0.4, -0.2) is 23.0 Å². The Bertz CT molecular complexity index is 803. The fraction of sp³-hybridized carbons (Fsp3) is 0.350. The predicted octanol–water partition coefficient (Wildman–Crippen LogP) is 5.38. The fourth-order valence-electron chi connectivity index (χ4n) is 3.61. The standard InChI is InChI=1S/C20H21FN2S/c1-14(16-6-2-3-7-17(16)21)23-12-10-15(11-13-23)20-22-18-8-4-5-9-19(18)24-20/h2-9,14-15H,10-13H2,1H3. The first-order valence-corrected chi connectivity index (χ1v) is 9.38. The molecular weight excluding hydrogens is 319 g/mol. The van der Waals surface area contributed by atoms with Crippen molar-refractivity contribution in [2.24, 2.45) is 0 Å². The summed E-state index contributed by atoms with van der Waals surface area (Å²) in [6, 6.07) is 15.6. The van der Waals surface area contributed by atoms with Gasteiger partial charge in [0, 0.05) is 17.5 Å². The van der Waals surface area contributed by atoms with Gasteiger partial charge >= 0.3 is 0 Å². The lowest BCUT2D eigenvalue weighted by Gasteiger charge is -2.35. The molecule has 2 heterocycles. The molecule has 1 saturated heterocycles. The van der Waals surface area contributed by atoms with Crippen molar-refractivity contribution in [1.29, 1.82) is 0 Å². The first-order chi connectivity index (χ1) is 11.7. The molecule has 24 heavy (non-hydrogen) atoms. The third kappa shape index (κ3) is 2.96. The molecule has 3 aromatic rings. The van der Waals surface area contributed by atoms with Crippen molar-refractivity contribution < 1.29 is 4.39 Å². The molecule has 2 nitrogen and oxygen atoms in total. The van der Waals surface area contributed by atoms with Crippen LogP contribution in [0.2, 0.25) is 0 Å². The molecule has 1 aliphatic rings. The van der Waals surface area contributed by atoms with Crippen LogP contribution in [0.25, 0.3) is 10.2 Å². The molecule has 0 aliphatic carbocycles. The summed E-state index contributed by atoms with van der Waals surface area (Å²) < 4.78 is 15.3. The van der Waals surface area contributed by atoms with Gasteiger partial charge in [0.2, 0.25) is 0 Å². The van der Waals surface area contributed by atoms with Gasteiger partial charge in [-0.25, -0.2) is 9.37 Å². The summed E-state index contributed by atoms with van der Waals surface area (Å²) in [6.45, 7) is 4.10. The third-order valence-corrected chi connectivity index (χ3v) is 6.29. The van der Waals surface area contributed by atoms with Crippen LogP contribution in [0.4, 0.5) is 4.39 Å². The van der Waals surface area contributed by atoms with Gasteiger partial charge in [-0.15, -0.1) is 11.3 Å². The van der Waals surface area contributed by atoms with Crippen molar-refractivity contribution >= 4 is 21.6 Å². The van der Waals surface area contributed by atoms with Gasteiger partial charge in [-0.05, 0) is 51.1 Å². The fourth-order valence-corrected chi connectivity index (χ4v) is 4.75. The van der Waals surface area contributed by atoms with E-state index < -0.39 is 0 Å². The second-order valence-electron chi connectivity index (χ2n) is 6.53. The number of hydrogen-bond acceptors (Lipinski definition) is 3. The molecule has 1 aromatic heterocycles. The van der Waals surface area contributed by atoms with Gasteiger partial charge in [-0.3, -0.25) is 4.90 Å². The molecule has 0 N–H and O–H groups in total. The highest BCUT2D eigenvalue weighted by Gasteiger charge is 2.27. The zero-order valence-electron chi connectivity index (χ0n) is 13.8. The Morgan fingerprint density at radius 1 is 1.08 bits per heavy atom. The predicted molar refractivity (Wildman–Crippen MR) is 98.0 cm³/mol. The molecular formula is C20H21FN2S. The number of benzene rings is 2. The monoisotopic (exact) mass is 340 g/mol. The van der Waals surface area contributed by atoms with Crippen LogP contribution in [0.15, 0.2) is 48.5 Å². The molecule has 1 unspecified atom stereocenters. The zero-order valence-corrected chi connectivity index (χ0v) is 14.6. The molecule has 0 radical (unpaired) electrons. The molecule has 0 saturated carbocycles. The SMILES string of the molecule is CC(c1ccccc1F)N1CCC(c2nc3ccccc3s2)CC1. The van der Waals surface area contributed by atoms with E-state index in [2.05, 4.69) is 30.0 Å². The van der Waals surface area contributed by atoms with E-state index in [1.807, 2.05) is 29.5 Å². The summed E-state index contributed by atoms with van der Waals surface area (Å²) in [4.78, 5) is 7.21. The Morgan fingerprint density at radius 2 is 1.79 bits per heavy atom. The van der Waals surface area contributed by atoms with Crippen LogP contribution in [0, 0.1) is 5.82 Å². The Morgan fingerprint density at radius 3 is 2.54 bits per heavy atom. The van der Waals surface area contributed by atoms with Crippen molar-refractivity contribution in [3.8, 4) is 0 Å². The van der Waals surface area contributed by atoms with Crippen LogP contribution < -0.4 is 0 Å². The van der Waals surface area contributed by atoms with Gasteiger partial charge < -0.3 is 0 Å². The highest BCUT2D eigenvalue weighted by molar-refractivity contribution is 7.18. The Hall–Kier alpha value is -1.78. The maximum Gasteiger partial charge on any atom is 0.127 e. The normalized spacial score (nSPS) is 18.1. The topological polar surface area (TPSA) is 16.1 Å². The molecule has 1 aliphatic heterocycles. The molecule has 2 aromatic carbocycles. The Labute approximate surface area is 146 Å². The number of halogens is 1. The molecule has 1 fully saturated rings. The van der Waals surface area contributed by atoms with Gasteiger partial charge in [0.25, 0.3) is 0 Å². The first-order valence-electron chi connectivity index (χ1n) is 8.56. The van der Waals surface area contributed by atoms with E-state index >= 15 is 0 Å². The molecule has 4 rings (SSSR count). The van der Waals surface area contributed by atoms with E-state index in [0.29, 0.717) is 5.92 Å². The zero-order chi connectivity index (χ0) is 16.5. The third-order valence-electron chi connectivity index (χ3n) is 5.09. The maximum absolute atomic E-state index is 14.0. The number of hydrogen-bond donors (Lipinski definition) is 0. The van der Waals surface area contributed by atoms with Crippen molar-refractivity contribution in [2.75, 3.05) is 13.1 Å². The quantitative estimate of drug-likeness (QED) is 0.637. The summed E-state index contributed by atoms with van der Waals surface area (Å²) in [5.74, 6) is 0.435. The number of aromatic nitrogens is 1. The lowest BCUT2D eigenvalue weighted by atomic mass is 9.95. The van der Waals surface area contributed by atoms with Gasteiger partial charge in [-0.2, -0.15) is 0 Å². The lowest BCUT2D eigenvalue weighted by Crippen LogP contribution is -2.35. The summed E-state index contributed by atoms with van der Waals surface area (Å²) in [5.41, 5.74) is 1.91. The van der Waals surface area contributed by atoms with Crippen LogP contribution in [0.3, 0.4) is 0 Å². The Kier molecular flexibility index (Phi) is 4.33. The molecule has 0 spiro atoms. The number of likely N-dealkylation sites (tertiary alicyclic amines) is 1. The highest BCUT2D eigenvalue weighted by atomic mass is 32.1. The van der Waals surface area contributed by atoms with E-state index in [4.69, 9.17) is 4.98 Å². The summed E-state index contributed by atoms with van der Waals surface area (Å²) in [7, 11) is 0. The Balaban J connectivity index is 1.45. The summed E-state index contributed by atoms with van der Waals surface area (Å²) in [6.07, 6.45) is 2.19. The minimum Gasteiger partial charge on any atom is -0.296 e. The second-order valence-corrected chi connectivity index (χ2v) is 7.59. The minimum absolute atomic E-state index is 0.0988. The molecule has 1 atom stereocenters. The number of nitrogens with zero attached hydrogens (tertiary/aromatic N) is 2. The highest BCUT2D eigenvalue weighted by Crippen LogP contribution is 2.36. The summed E-state index contributed by atoms with van der Waals surface area (Å²) in [5, 5.41) is 1.26. The van der Waals surface area contributed by atoms with E-state index in [1.165, 1.54) is 9.71 Å². The largest absolute Gasteiger partial charge is 0.296 e. The van der Waals surface area contributed by atoms with Crippen LogP contribution in [-0.2, 0) is 0 Å². The van der Waals surface area contributed by atoms with Crippen LogP contribution in [0.5, 0.6) is 0 Å². The molecule has 0 bridgehead atoms. The van der Waals surface area contributed by atoms with E-state index in [-0.39, 0.29) is 11.9 Å². The average Bonchev–Trinajstić information content (AvgIpc) is 3.06. The summed E-state index contributed by atoms with van der Waals surface area (Å²) >= 11 is 1.82. The number of para-hydroxylation sites is 1. The second kappa shape index (κ2) is 6.61. The smallest absolute Gasteiger partial charge is 0.127 e. The average molecular weight is 340 g/mol. The van der Waals surface area contributed by atoms with Gasteiger partial charge in [0.15, 0.2) is 0 Å². The minimum atomic E-state index is -0.0988. The van der Waals surface area contributed by atoms with Gasteiger partial charge in [-0.1, -0.05) is 30.3 Å². The molecule has 4 heteroatoms. The number of piperidine rings is 1. The van der Waals surface area contributed by atoms with Crippen molar-refractivity contribution in [3.63, 3.8) is 0 Å². The van der Waals surface area contributed by atoms with Crippen molar-refractivity contribution in [1.82, 2.24) is 9.88 Å². The number of rotatable bonds is 3. The lowest BCUT2D eigenvalue weighted by molar-refractivity contribution is 0.160. The first kappa shape index (κ1) is 15.7. The van der Waals surface area contributed by atoms with Gasteiger partial charge in [0.1, 0.15) is 5.82 Å². The van der Waals surface area contributed by atoms with Crippen LogP contribution >= 0.6 is 11.3 Å². The molecule has 0 amide bonds. The molecule has 124 valence electrons. The van der Waals surface area contributed by atoms with Crippen LogP contribution in [0.1, 0.15) is 42.3 Å². The van der Waals surface area contributed by atoms with Gasteiger partial charge in [0.05, 0.1) is 15.2 Å². The number of thiazole rings is 1. The van der Waals surface area contributed by atoms with E-state index in [9.17, 15) is 4.39 Å². The maximum atomic E-state index is 14.0. The van der Waals surface area contributed by atoms with E-state index in [1.54, 1.807) is 12.1 Å². The van der Waals surface area contributed by atoms with Crippen molar-refractivity contribution in [2.45, 2.75) is 31.7 Å². The van der Waals surface area contributed by atoms with E-state index in [0.717, 1.165) is 37.0 Å².